The molecule has 0 fully saturated rings. The monoisotopic (exact) mass is 290 g/mol. The molecule has 0 atom stereocenters. The molecule has 0 aliphatic rings. The van der Waals surface area contributed by atoms with Crippen molar-refractivity contribution in [1.29, 1.82) is 0 Å². The zero-order valence-corrected chi connectivity index (χ0v) is 12.3. The third-order valence-electron chi connectivity index (χ3n) is 3.04. The molecule has 0 radical (unpaired) electrons. The summed E-state index contributed by atoms with van der Waals surface area (Å²) < 4.78 is 0. The van der Waals surface area contributed by atoms with Crippen LogP contribution in [0.3, 0.4) is 0 Å². The Bertz CT molecular complexity index is 639. The Labute approximate surface area is 131 Å². The van der Waals surface area contributed by atoms with Gasteiger partial charge in [-0.3, -0.25) is 0 Å². The van der Waals surface area contributed by atoms with Gasteiger partial charge in [-0.25, -0.2) is 0 Å². The van der Waals surface area contributed by atoms with Crippen LogP contribution in [0.2, 0.25) is 0 Å². The van der Waals surface area contributed by atoms with Crippen LogP contribution >= 0.6 is 0 Å². The van der Waals surface area contributed by atoms with Crippen LogP contribution in [0.1, 0.15) is 24.0 Å². The lowest BCUT2D eigenvalue weighted by molar-refractivity contribution is 0.304. The smallest absolute Gasteiger partial charge is 0.0540 e. The maximum atomic E-state index is 8.70. The van der Waals surface area contributed by atoms with Crippen LogP contribution in [-0.2, 0) is 0 Å². The van der Waals surface area contributed by atoms with Crippen molar-refractivity contribution in [3.05, 3.63) is 59.7 Å². The number of hydrogen-bond donors (Lipinski definition) is 2. The zero-order chi connectivity index (χ0) is 15.6. The quantitative estimate of drug-likeness (QED) is 0.853. The first-order chi connectivity index (χ1) is 10.8. The molecule has 2 N–H and O–H groups in total. The molecule has 2 heteroatoms. The van der Waals surface area contributed by atoms with Gasteiger partial charge in [0.05, 0.1) is 13.2 Å². The highest BCUT2D eigenvalue weighted by molar-refractivity contribution is 5.65. The van der Waals surface area contributed by atoms with Gasteiger partial charge in [-0.1, -0.05) is 47.9 Å². The van der Waals surface area contributed by atoms with Gasteiger partial charge in [0.15, 0.2) is 0 Å². The normalized spacial score (nSPS) is 9.36. The molecule has 2 aromatic carbocycles. The van der Waals surface area contributed by atoms with Crippen molar-refractivity contribution < 1.29 is 10.2 Å². The first-order valence-corrected chi connectivity index (χ1v) is 7.23. The lowest BCUT2D eigenvalue weighted by Crippen LogP contribution is -1.82. The SMILES string of the molecule is OCCC#Cc1ccc(-c2ccc(C#CCCO)cc2)cc1. The van der Waals surface area contributed by atoms with E-state index in [1.807, 2.05) is 48.5 Å². The Kier molecular flexibility index (Phi) is 6.27. The molecule has 0 aromatic heterocycles. The Morgan fingerprint density at radius 3 is 1.27 bits per heavy atom. The van der Waals surface area contributed by atoms with Crippen LogP contribution in [0.25, 0.3) is 11.1 Å². The van der Waals surface area contributed by atoms with E-state index in [1.165, 1.54) is 0 Å². The van der Waals surface area contributed by atoms with Gasteiger partial charge in [0.25, 0.3) is 0 Å². The van der Waals surface area contributed by atoms with E-state index in [-0.39, 0.29) is 13.2 Å². The summed E-state index contributed by atoms with van der Waals surface area (Å²) in [7, 11) is 0. The predicted molar refractivity (Wildman–Crippen MR) is 89.0 cm³/mol. The first-order valence-electron chi connectivity index (χ1n) is 7.23. The summed E-state index contributed by atoms with van der Waals surface area (Å²) in [5.74, 6) is 11.8. The van der Waals surface area contributed by atoms with Gasteiger partial charge in [-0.15, -0.1) is 0 Å². The Morgan fingerprint density at radius 1 is 0.591 bits per heavy atom. The average molecular weight is 290 g/mol. The molecule has 2 aromatic rings. The fraction of sp³-hybridized carbons (Fsp3) is 0.200. The molecule has 0 amide bonds. The van der Waals surface area contributed by atoms with E-state index in [2.05, 4.69) is 23.7 Å². The van der Waals surface area contributed by atoms with Gasteiger partial charge >= 0.3 is 0 Å². The summed E-state index contributed by atoms with van der Waals surface area (Å²) in [6.07, 6.45) is 1.00. The van der Waals surface area contributed by atoms with E-state index in [1.54, 1.807) is 0 Å². The van der Waals surface area contributed by atoms with Crippen LogP contribution in [0.15, 0.2) is 48.5 Å². The molecular weight excluding hydrogens is 272 g/mol. The lowest BCUT2D eigenvalue weighted by atomic mass is 10.0. The summed E-state index contributed by atoms with van der Waals surface area (Å²) in [5.41, 5.74) is 4.15. The highest BCUT2D eigenvalue weighted by Gasteiger charge is 1.97. The summed E-state index contributed by atoms with van der Waals surface area (Å²) in [6, 6.07) is 16.1. The molecule has 0 bridgehead atoms. The van der Waals surface area contributed by atoms with Crippen LogP contribution in [0.4, 0.5) is 0 Å². The highest BCUT2D eigenvalue weighted by atomic mass is 16.3. The summed E-state index contributed by atoms with van der Waals surface area (Å²) >= 11 is 0. The Morgan fingerprint density at radius 2 is 0.955 bits per heavy atom. The van der Waals surface area contributed by atoms with Crippen LogP contribution < -0.4 is 0 Å². The van der Waals surface area contributed by atoms with E-state index in [9.17, 15) is 0 Å². The average Bonchev–Trinajstić information content (AvgIpc) is 2.57. The Balaban J connectivity index is 2.09. The summed E-state index contributed by atoms with van der Waals surface area (Å²) in [4.78, 5) is 0. The van der Waals surface area contributed by atoms with Gasteiger partial charge in [-0.2, -0.15) is 0 Å². The largest absolute Gasteiger partial charge is 0.395 e. The van der Waals surface area contributed by atoms with Crippen LogP contribution in [0.5, 0.6) is 0 Å². The van der Waals surface area contributed by atoms with Gasteiger partial charge in [-0.05, 0) is 35.4 Å². The second kappa shape index (κ2) is 8.70. The van der Waals surface area contributed by atoms with Crippen molar-refractivity contribution in [2.45, 2.75) is 12.8 Å². The molecule has 22 heavy (non-hydrogen) atoms. The van der Waals surface area contributed by atoms with E-state index < -0.39 is 0 Å². The third kappa shape index (κ3) is 4.79. The maximum absolute atomic E-state index is 8.70. The second-order valence-corrected chi connectivity index (χ2v) is 4.71. The fourth-order valence-electron chi connectivity index (χ4n) is 1.93. The van der Waals surface area contributed by atoms with E-state index in [0.29, 0.717) is 12.8 Å². The molecular formula is C20H18O2. The zero-order valence-electron chi connectivity index (χ0n) is 12.3. The maximum Gasteiger partial charge on any atom is 0.0540 e. The van der Waals surface area contributed by atoms with Crippen molar-refractivity contribution >= 4 is 0 Å². The predicted octanol–water partition coefficient (Wildman–Crippen LogP) is 2.82. The number of benzene rings is 2. The first kappa shape index (κ1) is 15.9. The summed E-state index contributed by atoms with van der Waals surface area (Å²) in [6.45, 7) is 0.192. The van der Waals surface area contributed by atoms with Gasteiger partial charge in [0, 0.05) is 24.0 Å². The number of rotatable bonds is 3. The molecule has 0 aliphatic carbocycles. The van der Waals surface area contributed by atoms with Crippen LogP contribution in [-0.4, -0.2) is 23.4 Å². The van der Waals surface area contributed by atoms with Crippen molar-refractivity contribution in [2.75, 3.05) is 13.2 Å². The topological polar surface area (TPSA) is 40.5 Å². The number of hydrogen-bond acceptors (Lipinski definition) is 2. The molecule has 0 unspecified atom stereocenters. The fourth-order valence-corrected chi connectivity index (χ4v) is 1.93. The highest BCUT2D eigenvalue weighted by Crippen LogP contribution is 2.20. The molecule has 2 rings (SSSR count). The minimum absolute atomic E-state index is 0.0959. The third-order valence-corrected chi connectivity index (χ3v) is 3.04. The lowest BCUT2D eigenvalue weighted by Gasteiger charge is -2.02. The van der Waals surface area contributed by atoms with Gasteiger partial charge in [0.2, 0.25) is 0 Å². The molecule has 2 nitrogen and oxygen atoms in total. The number of aliphatic hydroxyl groups excluding tert-OH is 2. The van der Waals surface area contributed by atoms with Crippen molar-refractivity contribution in [3.63, 3.8) is 0 Å². The number of aliphatic hydroxyl groups is 2. The molecule has 0 saturated heterocycles. The summed E-state index contributed by atoms with van der Waals surface area (Å²) in [5, 5.41) is 17.4. The molecule has 0 heterocycles. The van der Waals surface area contributed by atoms with E-state index in [4.69, 9.17) is 10.2 Å². The molecule has 0 aliphatic heterocycles. The Hall–Kier alpha value is -2.52. The molecule has 0 saturated carbocycles. The molecule has 0 spiro atoms. The minimum atomic E-state index is 0.0959. The van der Waals surface area contributed by atoms with Crippen molar-refractivity contribution in [2.24, 2.45) is 0 Å². The van der Waals surface area contributed by atoms with Crippen LogP contribution in [0, 0.1) is 23.7 Å². The van der Waals surface area contributed by atoms with Gasteiger partial charge < -0.3 is 10.2 Å². The molecule has 110 valence electrons. The van der Waals surface area contributed by atoms with E-state index >= 15 is 0 Å². The van der Waals surface area contributed by atoms with E-state index in [0.717, 1.165) is 22.3 Å². The minimum Gasteiger partial charge on any atom is -0.395 e. The second-order valence-electron chi connectivity index (χ2n) is 4.71. The standard InChI is InChI=1S/C20H18O2/c21-15-3-1-5-17-7-11-19(12-8-17)20-13-9-18(10-14-20)6-2-4-16-22/h7-14,21-22H,3-4,15-16H2. The van der Waals surface area contributed by atoms with Crippen molar-refractivity contribution in [3.8, 4) is 34.8 Å². The van der Waals surface area contributed by atoms with Gasteiger partial charge in [0.1, 0.15) is 0 Å². The van der Waals surface area contributed by atoms with Crippen molar-refractivity contribution in [1.82, 2.24) is 0 Å².